The average Bonchev–Trinajstić information content (AvgIpc) is 3.05. The van der Waals surface area contributed by atoms with E-state index in [4.69, 9.17) is 0 Å². The summed E-state index contributed by atoms with van der Waals surface area (Å²) in [5.74, 6) is 0. The van der Waals surface area contributed by atoms with Crippen LogP contribution in [0.1, 0.15) is 25.5 Å². The van der Waals surface area contributed by atoms with Crippen molar-refractivity contribution in [3.63, 3.8) is 0 Å². The molecular weight excluding hydrogens is 266 g/mol. The maximum Gasteiger partial charge on any atom is 0.323 e. The third kappa shape index (κ3) is 3.05. The van der Waals surface area contributed by atoms with Crippen molar-refractivity contribution in [3.05, 3.63) is 53.0 Å². The Kier molecular flexibility index (Phi) is 3.62. The second-order valence-corrected chi connectivity index (χ2v) is 5.43. The quantitative estimate of drug-likeness (QED) is 0.669. The van der Waals surface area contributed by atoms with Crippen LogP contribution in [0, 0.1) is 0 Å². The summed E-state index contributed by atoms with van der Waals surface area (Å²) in [5.41, 5.74) is 2.65. The predicted molar refractivity (Wildman–Crippen MR) is 82.2 cm³/mol. The minimum absolute atomic E-state index is 0.170. The number of imidazole rings is 2. The van der Waals surface area contributed by atoms with Crippen LogP contribution in [-0.2, 0) is 6.54 Å². The molecular formula is C15H19N5O. The number of aromatic amines is 2. The van der Waals surface area contributed by atoms with Crippen molar-refractivity contribution in [1.82, 2.24) is 24.8 Å². The van der Waals surface area contributed by atoms with Gasteiger partial charge in [0.25, 0.3) is 0 Å². The normalized spacial score (nSPS) is 14.4. The van der Waals surface area contributed by atoms with Crippen molar-refractivity contribution < 1.29 is 0 Å². The Hall–Kier alpha value is -2.34. The van der Waals surface area contributed by atoms with Gasteiger partial charge in [-0.3, -0.25) is 0 Å². The van der Waals surface area contributed by atoms with E-state index in [1.165, 1.54) is 0 Å². The first-order chi connectivity index (χ1) is 10.1. The molecule has 0 amide bonds. The molecule has 3 aromatic rings. The van der Waals surface area contributed by atoms with Gasteiger partial charge in [0.05, 0.1) is 17.4 Å². The van der Waals surface area contributed by atoms with E-state index in [1.807, 2.05) is 30.7 Å². The van der Waals surface area contributed by atoms with Gasteiger partial charge in [-0.15, -0.1) is 0 Å². The fourth-order valence-corrected chi connectivity index (χ4v) is 2.61. The van der Waals surface area contributed by atoms with Gasteiger partial charge in [0.1, 0.15) is 0 Å². The van der Waals surface area contributed by atoms with Gasteiger partial charge in [-0.2, -0.15) is 0 Å². The Morgan fingerprint density at radius 2 is 2.10 bits per heavy atom. The molecule has 110 valence electrons. The molecule has 6 nitrogen and oxygen atoms in total. The summed E-state index contributed by atoms with van der Waals surface area (Å²) in [5, 5.41) is 3.56. The molecule has 2 heterocycles. The highest BCUT2D eigenvalue weighted by atomic mass is 16.1. The topological polar surface area (TPSA) is 78.5 Å². The number of hydrogen-bond donors (Lipinski definition) is 3. The molecule has 2 unspecified atom stereocenters. The van der Waals surface area contributed by atoms with E-state index in [2.05, 4.69) is 38.7 Å². The van der Waals surface area contributed by atoms with Gasteiger partial charge < -0.3 is 19.9 Å². The summed E-state index contributed by atoms with van der Waals surface area (Å²) in [7, 11) is 0. The zero-order valence-corrected chi connectivity index (χ0v) is 12.1. The second kappa shape index (κ2) is 5.57. The van der Waals surface area contributed by atoms with Crippen LogP contribution in [0.3, 0.4) is 0 Å². The largest absolute Gasteiger partial charge is 0.336 e. The van der Waals surface area contributed by atoms with Crippen molar-refractivity contribution in [3.8, 4) is 0 Å². The lowest BCUT2D eigenvalue weighted by Crippen LogP contribution is -2.32. The molecule has 1 aromatic carbocycles. The van der Waals surface area contributed by atoms with E-state index < -0.39 is 0 Å². The summed E-state index contributed by atoms with van der Waals surface area (Å²) in [6, 6.07) is 6.49. The van der Waals surface area contributed by atoms with Crippen LogP contribution < -0.4 is 11.0 Å². The van der Waals surface area contributed by atoms with Gasteiger partial charge in [0, 0.05) is 31.0 Å². The van der Waals surface area contributed by atoms with E-state index in [1.54, 1.807) is 6.20 Å². The molecule has 0 saturated heterocycles. The number of fused-ring (bicyclic) bond motifs is 1. The smallest absolute Gasteiger partial charge is 0.323 e. The lowest BCUT2D eigenvalue weighted by molar-refractivity contribution is 0.430. The highest BCUT2D eigenvalue weighted by molar-refractivity contribution is 5.75. The molecule has 0 fully saturated rings. The van der Waals surface area contributed by atoms with Gasteiger partial charge >= 0.3 is 5.69 Å². The fraction of sp³-hybridized carbons (Fsp3) is 0.333. The minimum Gasteiger partial charge on any atom is -0.336 e. The Morgan fingerprint density at radius 1 is 1.29 bits per heavy atom. The van der Waals surface area contributed by atoms with Gasteiger partial charge in [-0.25, -0.2) is 9.78 Å². The molecule has 0 spiro atoms. The molecule has 0 radical (unpaired) electrons. The maximum atomic E-state index is 11.3. The molecule has 2 atom stereocenters. The number of H-pyrrole nitrogens is 2. The Morgan fingerprint density at radius 3 is 2.86 bits per heavy atom. The molecule has 0 aliphatic carbocycles. The van der Waals surface area contributed by atoms with Gasteiger partial charge in [-0.1, -0.05) is 6.07 Å². The molecule has 3 N–H and O–H groups in total. The highest BCUT2D eigenvalue weighted by Crippen LogP contribution is 2.17. The summed E-state index contributed by atoms with van der Waals surface area (Å²) in [6.07, 6.45) is 5.56. The van der Waals surface area contributed by atoms with Gasteiger partial charge in [-0.05, 0) is 31.5 Å². The van der Waals surface area contributed by atoms with Crippen LogP contribution in [0.25, 0.3) is 11.0 Å². The first kappa shape index (κ1) is 13.6. The predicted octanol–water partition coefficient (Wildman–Crippen LogP) is 1.79. The van der Waals surface area contributed by atoms with Crippen molar-refractivity contribution in [2.75, 3.05) is 0 Å². The SMILES string of the molecule is CC(Cn1ccnc1)NC(C)c1ccc2[nH]c(=O)[nH]c2c1. The van der Waals surface area contributed by atoms with Crippen LogP contribution >= 0.6 is 0 Å². The van der Waals surface area contributed by atoms with E-state index in [9.17, 15) is 4.79 Å². The van der Waals surface area contributed by atoms with Crippen LogP contribution in [0.5, 0.6) is 0 Å². The monoisotopic (exact) mass is 285 g/mol. The zero-order chi connectivity index (χ0) is 14.8. The first-order valence-corrected chi connectivity index (χ1v) is 7.05. The Labute approximate surface area is 122 Å². The van der Waals surface area contributed by atoms with Crippen LogP contribution in [0.2, 0.25) is 0 Å². The number of aromatic nitrogens is 4. The van der Waals surface area contributed by atoms with E-state index in [0.717, 1.165) is 23.1 Å². The number of nitrogens with one attached hydrogen (secondary N) is 3. The number of benzene rings is 1. The van der Waals surface area contributed by atoms with E-state index >= 15 is 0 Å². The van der Waals surface area contributed by atoms with Crippen molar-refractivity contribution in [2.24, 2.45) is 0 Å². The zero-order valence-electron chi connectivity index (χ0n) is 12.1. The third-order valence-electron chi connectivity index (χ3n) is 3.62. The number of hydrogen-bond acceptors (Lipinski definition) is 3. The second-order valence-electron chi connectivity index (χ2n) is 5.43. The average molecular weight is 285 g/mol. The van der Waals surface area contributed by atoms with Crippen molar-refractivity contribution in [1.29, 1.82) is 0 Å². The Balaban J connectivity index is 1.70. The molecule has 0 aliphatic rings. The van der Waals surface area contributed by atoms with Crippen molar-refractivity contribution >= 4 is 11.0 Å². The minimum atomic E-state index is -0.170. The third-order valence-corrected chi connectivity index (χ3v) is 3.62. The van der Waals surface area contributed by atoms with Gasteiger partial charge in [0.2, 0.25) is 0 Å². The lowest BCUT2D eigenvalue weighted by Gasteiger charge is -2.20. The summed E-state index contributed by atoms with van der Waals surface area (Å²) >= 11 is 0. The highest BCUT2D eigenvalue weighted by Gasteiger charge is 2.11. The maximum absolute atomic E-state index is 11.3. The molecule has 0 bridgehead atoms. The summed E-state index contributed by atoms with van der Waals surface area (Å²) in [6.45, 7) is 5.14. The molecule has 0 aliphatic heterocycles. The number of rotatable bonds is 5. The van der Waals surface area contributed by atoms with Crippen molar-refractivity contribution in [2.45, 2.75) is 32.5 Å². The van der Waals surface area contributed by atoms with E-state index in [-0.39, 0.29) is 11.7 Å². The Bertz CT molecular complexity index is 771. The lowest BCUT2D eigenvalue weighted by atomic mass is 10.1. The standard InChI is InChI=1S/C15H19N5O/c1-10(8-20-6-5-16-9-20)17-11(2)12-3-4-13-14(7-12)19-15(21)18-13/h3-7,9-11,17H,8H2,1-2H3,(H2,18,19,21). The summed E-state index contributed by atoms with van der Waals surface area (Å²) in [4.78, 5) is 20.9. The van der Waals surface area contributed by atoms with Crippen LogP contribution in [0.4, 0.5) is 0 Å². The molecule has 3 rings (SSSR count). The molecule has 21 heavy (non-hydrogen) atoms. The molecule has 6 heteroatoms. The van der Waals surface area contributed by atoms with Gasteiger partial charge in [0.15, 0.2) is 0 Å². The van der Waals surface area contributed by atoms with Crippen LogP contribution in [-0.4, -0.2) is 25.6 Å². The number of nitrogens with zero attached hydrogens (tertiary/aromatic N) is 2. The van der Waals surface area contributed by atoms with Crippen LogP contribution in [0.15, 0.2) is 41.7 Å². The molecule has 2 aromatic heterocycles. The fourth-order valence-electron chi connectivity index (χ4n) is 2.61. The molecule has 0 saturated carbocycles. The first-order valence-electron chi connectivity index (χ1n) is 7.05. The van der Waals surface area contributed by atoms with E-state index in [0.29, 0.717) is 6.04 Å². The summed E-state index contributed by atoms with van der Waals surface area (Å²) < 4.78 is 2.05.